The second-order valence-electron chi connectivity index (χ2n) is 5.55. The highest BCUT2D eigenvalue weighted by Gasteiger charge is 2.45. The van der Waals surface area contributed by atoms with Crippen LogP contribution in [0.1, 0.15) is 28.9 Å². The molecule has 22 heavy (non-hydrogen) atoms. The van der Waals surface area contributed by atoms with Gasteiger partial charge in [0.25, 0.3) is 0 Å². The van der Waals surface area contributed by atoms with Crippen molar-refractivity contribution in [1.82, 2.24) is 4.98 Å². The average Bonchev–Trinajstić information content (AvgIpc) is 3.34. The molecule has 0 bridgehead atoms. The van der Waals surface area contributed by atoms with Crippen molar-refractivity contribution < 1.29 is 14.6 Å². The Bertz CT molecular complexity index is 696. The number of benzene rings is 1. The fraction of sp³-hybridized carbons (Fsp3) is 0.294. The molecule has 0 atom stereocenters. The van der Waals surface area contributed by atoms with Crippen LogP contribution in [0, 0.1) is 0 Å². The van der Waals surface area contributed by atoms with E-state index >= 15 is 0 Å². The van der Waals surface area contributed by atoms with Gasteiger partial charge >= 0.3 is 5.97 Å². The molecule has 2 aromatic rings. The molecule has 0 spiro atoms. The standard InChI is InChI=1S/C17H18N2O3/c1-22-14-7-3-2-5-12(14)17(9-10-17)11-18-15-8-4-6-13(19-15)16(20)21/h2-8H,9-11H2,1H3,(H,18,19)(H,20,21). The first-order valence-corrected chi connectivity index (χ1v) is 7.22. The van der Waals surface area contributed by atoms with Crippen LogP contribution < -0.4 is 10.1 Å². The lowest BCUT2D eigenvalue weighted by molar-refractivity contribution is 0.0690. The van der Waals surface area contributed by atoms with Gasteiger partial charge in [0.15, 0.2) is 5.69 Å². The molecular weight excluding hydrogens is 280 g/mol. The minimum atomic E-state index is -1.02. The smallest absolute Gasteiger partial charge is 0.354 e. The Morgan fingerprint density at radius 1 is 1.27 bits per heavy atom. The van der Waals surface area contributed by atoms with Crippen LogP contribution in [0.15, 0.2) is 42.5 Å². The molecule has 1 aromatic carbocycles. The number of ether oxygens (including phenoxy) is 1. The second kappa shape index (κ2) is 5.67. The number of nitrogens with one attached hydrogen (secondary N) is 1. The summed E-state index contributed by atoms with van der Waals surface area (Å²) in [6.07, 6.45) is 2.16. The monoisotopic (exact) mass is 298 g/mol. The molecule has 2 N–H and O–H groups in total. The molecule has 1 saturated carbocycles. The van der Waals surface area contributed by atoms with Crippen molar-refractivity contribution in [2.45, 2.75) is 18.3 Å². The van der Waals surface area contributed by atoms with Gasteiger partial charge in [-0.2, -0.15) is 0 Å². The minimum absolute atomic E-state index is 0.0483. The Morgan fingerprint density at radius 2 is 2.05 bits per heavy atom. The van der Waals surface area contributed by atoms with Gasteiger partial charge < -0.3 is 15.2 Å². The lowest BCUT2D eigenvalue weighted by Crippen LogP contribution is -2.21. The van der Waals surface area contributed by atoms with Crippen LogP contribution in [-0.4, -0.2) is 29.7 Å². The third-order valence-corrected chi connectivity index (χ3v) is 4.11. The van der Waals surface area contributed by atoms with E-state index in [4.69, 9.17) is 9.84 Å². The molecule has 0 radical (unpaired) electrons. The van der Waals surface area contributed by atoms with Crippen molar-refractivity contribution in [2.75, 3.05) is 19.0 Å². The van der Waals surface area contributed by atoms with Crippen LogP contribution in [0.25, 0.3) is 0 Å². The Balaban J connectivity index is 1.76. The summed E-state index contributed by atoms with van der Waals surface area (Å²) in [5.41, 5.74) is 1.29. The zero-order chi connectivity index (χ0) is 15.6. The van der Waals surface area contributed by atoms with E-state index in [-0.39, 0.29) is 11.1 Å². The summed E-state index contributed by atoms with van der Waals surface area (Å²) in [4.78, 5) is 15.1. The van der Waals surface area contributed by atoms with E-state index in [0.717, 1.165) is 18.6 Å². The number of aromatic nitrogens is 1. The molecule has 1 aromatic heterocycles. The van der Waals surface area contributed by atoms with Crippen molar-refractivity contribution in [3.8, 4) is 5.75 Å². The van der Waals surface area contributed by atoms with Crippen LogP contribution in [0.3, 0.4) is 0 Å². The molecule has 3 rings (SSSR count). The summed E-state index contributed by atoms with van der Waals surface area (Å²) in [5.74, 6) is 0.463. The number of carbonyl (C=O) groups is 1. The Kier molecular flexibility index (Phi) is 3.71. The lowest BCUT2D eigenvalue weighted by atomic mass is 9.95. The highest BCUT2D eigenvalue weighted by atomic mass is 16.5. The second-order valence-corrected chi connectivity index (χ2v) is 5.55. The molecule has 0 saturated heterocycles. The number of carboxylic acids is 1. The van der Waals surface area contributed by atoms with Crippen LogP contribution in [-0.2, 0) is 5.41 Å². The van der Waals surface area contributed by atoms with E-state index in [2.05, 4.69) is 16.4 Å². The topological polar surface area (TPSA) is 71.5 Å². The third kappa shape index (κ3) is 2.74. The van der Waals surface area contributed by atoms with E-state index in [9.17, 15) is 4.79 Å². The molecule has 1 heterocycles. The minimum Gasteiger partial charge on any atom is -0.496 e. The maximum atomic E-state index is 11.0. The zero-order valence-corrected chi connectivity index (χ0v) is 12.4. The highest BCUT2D eigenvalue weighted by molar-refractivity contribution is 5.85. The van der Waals surface area contributed by atoms with Gasteiger partial charge in [0.05, 0.1) is 7.11 Å². The highest BCUT2D eigenvalue weighted by Crippen LogP contribution is 2.51. The molecule has 0 aliphatic heterocycles. The molecule has 0 amide bonds. The van der Waals surface area contributed by atoms with E-state index in [1.54, 1.807) is 19.2 Å². The number of hydrogen-bond donors (Lipinski definition) is 2. The van der Waals surface area contributed by atoms with E-state index < -0.39 is 5.97 Å². The molecule has 5 nitrogen and oxygen atoms in total. The van der Waals surface area contributed by atoms with Gasteiger partial charge in [0, 0.05) is 17.5 Å². The first kappa shape index (κ1) is 14.4. The summed E-state index contributed by atoms with van der Waals surface area (Å²) >= 11 is 0. The molecule has 114 valence electrons. The number of aromatic carboxylic acids is 1. The average molecular weight is 298 g/mol. The van der Waals surface area contributed by atoms with Gasteiger partial charge in [0.2, 0.25) is 0 Å². The van der Waals surface area contributed by atoms with Gasteiger partial charge in [-0.15, -0.1) is 0 Å². The molecule has 0 unspecified atom stereocenters. The van der Waals surface area contributed by atoms with Gasteiger partial charge in [-0.05, 0) is 31.0 Å². The SMILES string of the molecule is COc1ccccc1C1(CNc2cccc(C(=O)O)n2)CC1. The van der Waals surface area contributed by atoms with Crippen LogP contribution in [0.4, 0.5) is 5.82 Å². The van der Waals surface area contributed by atoms with Gasteiger partial charge in [-0.25, -0.2) is 9.78 Å². The van der Waals surface area contributed by atoms with Gasteiger partial charge in [-0.1, -0.05) is 24.3 Å². The predicted octanol–water partition coefficient (Wildman–Crippen LogP) is 2.93. The summed E-state index contributed by atoms with van der Waals surface area (Å²) < 4.78 is 5.45. The number of rotatable bonds is 6. The van der Waals surface area contributed by atoms with Gasteiger partial charge in [-0.3, -0.25) is 0 Å². The quantitative estimate of drug-likeness (QED) is 0.858. The Morgan fingerprint density at radius 3 is 2.73 bits per heavy atom. The first-order chi connectivity index (χ1) is 10.6. The van der Waals surface area contributed by atoms with Crippen LogP contribution in [0.5, 0.6) is 5.75 Å². The Hall–Kier alpha value is -2.56. The van der Waals surface area contributed by atoms with Crippen LogP contribution in [0.2, 0.25) is 0 Å². The maximum absolute atomic E-state index is 11.0. The number of carboxylic acid groups (broad SMARTS) is 1. The molecule has 1 fully saturated rings. The number of pyridine rings is 1. The van der Waals surface area contributed by atoms with Crippen molar-refractivity contribution in [3.63, 3.8) is 0 Å². The maximum Gasteiger partial charge on any atom is 0.354 e. The van der Waals surface area contributed by atoms with E-state index in [1.165, 1.54) is 11.6 Å². The fourth-order valence-electron chi connectivity index (χ4n) is 2.69. The molecule has 1 aliphatic carbocycles. The molecular formula is C17H18N2O3. The van der Waals surface area contributed by atoms with Crippen LogP contribution >= 0.6 is 0 Å². The molecule has 1 aliphatic rings. The lowest BCUT2D eigenvalue weighted by Gasteiger charge is -2.19. The zero-order valence-electron chi connectivity index (χ0n) is 12.4. The fourth-order valence-corrected chi connectivity index (χ4v) is 2.69. The number of para-hydroxylation sites is 1. The van der Waals surface area contributed by atoms with Crippen molar-refractivity contribution in [3.05, 3.63) is 53.7 Å². The Labute approximate surface area is 129 Å². The van der Waals surface area contributed by atoms with Crippen molar-refractivity contribution in [1.29, 1.82) is 0 Å². The number of nitrogens with zero attached hydrogens (tertiary/aromatic N) is 1. The van der Waals surface area contributed by atoms with Crippen molar-refractivity contribution in [2.24, 2.45) is 0 Å². The summed E-state index contributed by atoms with van der Waals surface area (Å²) in [6.45, 7) is 0.712. The van der Waals surface area contributed by atoms with Gasteiger partial charge in [0.1, 0.15) is 11.6 Å². The number of anilines is 1. The molecule has 5 heteroatoms. The normalized spacial score (nSPS) is 15.1. The summed E-state index contributed by atoms with van der Waals surface area (Å²) in [5, 5.41) is 12.3. The van der Waals surface area contributed by atoms with E-state index in [1.807, 2.05) is 18.2 Å². The van der Waals surface area contributed by atoms with Crippen molar-refractivity contribution >= 4 is 11.8 Å². The number of methoxy groups -OCH3 is 1. The predicted molar refractivity (Wildman–Crippen MR) is 83.6 cm³/mol. The first-order valence-electron chi connectivity index (χ1n) is 7.22. The third-order valence-electron chi connectivity index (χ3n) is 4.11. The number of hydrogen-bond acceptors (Lipinski definition) is 4. The van der Waals surface area contributed by atoms with E-state index in [0.29, 0.717) is 12.4 Å². The summed E-state index contributed by atoms with van der Waals surface area (Å²) in [7, 11) is 1.68. The largest absolute Gasteiger partial charge is 0.496 e. The summed E-state index contributed by atoms with van der Waals surface area (Å²) in [6, 6.07) is 13.0.